The van der Waals surface area contributed by atoms with Crippen LogP contribution in [-0.2, 0) is 9.84 Å². The molecule has 2 aromatic rings. The van der Waals surface area contributed by atoms with Crippen molar-refractivity contribution in [2.45, 2.75) is 28.5 Å². The van der Waals surface area contributed by atoms with Gasteiger partial charge in [0.1, 0.15) is 4.21 Å². The predicted octanol–water partition coefficient (Wildman–Crippen LogP) is 2.73. The molecule has 1 saturated heterocycles. The number of piperidine rings is 1. The maximum Gasteiger partial charge on any atom is 0.261 e. The van der Waals surface area contributed by atoms with Crippen LogP contribution in [-0.4, -0.2) is 33.5 Å². The van der Waals surface area contributed by atoms with Crippen LogP contribution in [0.3, 0.4) is 0 Å². The highest BCUT2D eigenvalue weighted by Crippen LogP contribution is 2.28. The smallest absolute Gasteiger partial charge is 0.261 e. The van der Waals surface area contributed by atoms with Gasteiger partial charge in [0.05, 0.1) is 9.77 Å². The zero-order chi connectivity index (χ0) is 17.2. The molecule has 1 aliphatic heterocycles. The summed E-state index contributed by atoms with van der Waals surface area (Å²) in [4.78, 5) is 13.1. The number of hydrogen-bond donors (Lipinski definition) is 2. The van der Waals surface area contributed by atoms with Gasteiger partial charge in [0.25, 0.3) is 5.91 Å². The van der Waals surface area contributed by atoms with E-state index in [-0.39, 0.29) is 33.5 Å². The Morgan fingerprint density at radius 2 is 1.92 bits per heavy atom. The Hall–Kier alpha value is -1.41. The molecule has 2 heterocycles. The molecule has 1 aliphatic rings. The van der Waals surface area contributed by atoms with Crippen molar-refractivity contribution in [3.8, 4) is 0 Å². The van der Waals surface area contributed by atoms with Crippen LogP contribution in [0.25, 0.3) is 0 Å². The summed E-state index contributed by atoms with van der Waals surface area (Å²) in [5.74, 6) is 0.156. The summed E-state index contributed by atoms with van der Waals surface area (Å²) in [7, 11) is -3.57. The van der Waals surface area contributed by atoms with E-state index in [1.54, 1.807) is 36.4 Å². The SMILES string of the molecule is CC1CNCCC1NC(=O)c1ccc(S(=O)(=O)c2ccccc2)s1.Cl. The van der Waals surface area contributed by atoms with Gasteiger partial charge < -0.3 is 10.6 Å². The molecule has 1 aromatic heterocycles. The minimum absolute atomic E-state index is 0. The summed E-state index contributed by atoms with van der Waals surface area (Å²) in [6.45, 7) is 3.85. The number of thiophene rings is 1. The van der Waals surface area contributed by atoms with Gasteiger partial charge >= 0.3 is 0 Å². The molecule has 25 heavy (non-hydrogen) atoms. The van der Waals surface area contributed by atoms with E-state index in [1.807, 2.05) is 0 Å². The first-order valence-corrected chi connectivity index (χ1v) is 10.2. The highest BCUT2D eigenvalue weighted by molar-refractivity contribution is 7.93. The molecule has 0 saturated carbocycles. The lowest BCUT2D eigenvalue weighted by Crippen LogP contribution is -2.48. The summed E-state index contributed by atoms with van der Waals surface area (Å²) < 4.78 is 25.4. The van der Waals surface area contributed by atoms with Crippen LogP contribution in [0.1, 0.15) is 23.0 Å². The van der Waals surface area contributed by atoms with E-state index in [0.717, 1.165) is 30.8 Å². The average molecular weight is 401 g/mol. The van der Waals surface area contributed by atoms with Gasteiger partial charge in [-0.25, -0.2) is 8.42 Å². The molecule has 0 bridgehead atoms. The molecule has 1 amide bonds. The van der Waals surface area contributed by atoms with E-state index in [2.05, 4.69) is 17.6 Å². The summed E-state index contributed by atoms with van der Waals surface area (Å²) in [6, 6.07) is 11.5. The second kappa shape index (κ2) is 8.31. The largest absolute Gasteiger partial charge is 0.348 e. The minimum atomic E-state index is -3.57. The van der Waals surface area contributed by atoms with Gasteiger partial charge in [-0.2, -0.15) is 0 Å². The Kier molecular flexibility index (Phi) is 6.62. The number of hydrogen-bond acceptors (Lipinski definition) is 5. The molecule has 0 spiro atoms. The van der Waals surface area contributed by atoms with Crippen molar-refractivity contribution in [3.05, 3.63) is 47.3 Å². The molecule has 2 unspecified atom stereocenters. The van der Waals surface area contributed by atoms with Crippen molar-refractivity contribution in [1.82, 2.24) is 10.6 Å². The van der Waals surface area contributed by atoms with Crippen molar-refractivity contribution >= 4 is 39.5 Å². The summed E-state index contributed by atoms with van der Waals surface area (Å²) in [6.07, 6.45) is 0.882. The Morgan fingerprint density at radius 1 is 1.20 bits per heavy atom. The first kappa shape index (κ1) is 19.9. The molecule has 8 heteroatoms. The van der Waals surface area contributed by atoms with Crippen molar-refractivity contribution in [2.24, 2.45) is 5.92 Å². The van der Waals surface area contributed by atoms with Crippen LogP contribution >= 0.6 is 23.7 Å². The van der Waals surface area contributed by atoms with Gasteiger partial charge in [-0.1, -0.05) is 25.1 Å². The average Bonchev–Trinajstić information content (AvgIpc) is 3.09. The highest BCUT2D eigenvalue weighted by Gasteiger charge is 2.25. The Balaban J connectivity index is 0.00000225. The maximum absolute atomic E-state index is 12.6. The monoisotopic (exact) mass is 400 g/mol. The van der Waals surface area contributed by atoms with Crippen LogP contribution in [0.2, 0.25) is 0 Å². The molecule has 5 nitrogen and oxygen atoms in total. The quantitative estimate of drug-likeness (QED) is 0.827. The van der Waals surface area contributed by atoms with Crippen molar-refractivity contribution in [3.63, 3.8) is 0 Å². The lowest BCUT2D eigenvalue weighted by molar-refractivity contribution is 0.0918. The predicted molar refractivity (Wildman–Crippen MR) is 101 cm³/mol. The zero-order valence-corrected chi connectivity index (χ0v) is 16.2. The van der Waals surface area contributed by atoms with Crippen LogP contribution in [0, 0.1) is 5.92 Å². The lowest BCUT2D eigenvalue weighted by Gasteiger charge is -2.30. The highest BCUT2D eigenvalue weighted by atomic mass is 35.5. The number of carbonyl (C=O) groups excluding carboxylic acids is 1. The molecule has 1 fully saturated rings. The van der Waals surface area contributed by atoms with E-state index in [9.17, 15) is 13.2 Å². The van der Waals surface area contributed by atoms with E-state index in [0.29, 0.717) is 10.8 Å². The molecule has 3 rings (SSSR count). The van der Waals surface area contributed by atoms with Crippen molar-refractivity contribution < 1.29 is 13.2 Å². The van der Waals surface area contributed by atoms with Gasteiger partial charge in [-0.05, 0) is 49.7 Å². The van der Waals surface area contributed by atoms with Crippen LogP contribution in [0.5, 0.6) is 0 Å². The number of carbonyl (C=O) groups is 1. The second-order valence-electron chi connectivity index (χ2n) is 5.99. The first-order chi connectivity index (χ1) is 11.5. The zero-order valence-electron chi connectivity index (χ0n) is 13.8. The Bertz CT molecular complexity index is 821. The third kappa shape index (κ3) is 4.41. The normalized spacial score (nSPS) is 20.5. The molecule has 1 aromatic carbocycles. The fraction of sp³-hybridized carbons (Fsp3) is 0.353. The van der Waals surface area contributed by atoms with Gasteiger partial charge in [0, 0.05) is 6.04 Å². The van der Waals surface area contributed by atoms with E-state index in [1.165, 1.54) is 6.07 Å². The third-order valence-electron chi connectivity index (χ3n) is 4.23. The van der Waals surface area contributed by atoms with Gasteiger partial charge in [0.2, 0.25) is 9.84 Å². The van der Waals surface area contributed by atoms with Crippen LogP contribution < -0.4 is 10.6 Å². The maximum atomic E-state index is 12.6. The molecule has 2 atom stereocenters. The molecular formula is C17H21ClN2O3S2. The topological polar surface area (TPSA) is 75.3 Å². The minimum Gasteiger partial charge on any atom is -0.348 e. The van der Waals surface area contributed by atoms with Crippen molar-refractivity contribution in [2.75, 3.05) is 13.1 Å². The van der Waals surface area contributed by atoms with Gasteiger partial charge in [0.15, 0.2) is 0 Å². The first-order valence-electron chi connectivity index (χ1n) is 7.90. The van der Waals surface area contributed by atoms with Gasteiger partial charge in [-0.3, -0.25) is 4.79 Å². The number of nitrogens with one attached hydrogen (secondary N) is 2. The van der Waals surface area contributed by atoms with Crippen LogP contribution in [0.4, 0.5) is 0 Å². The summed E-state index contributed by atoms with van der Waals surface area (Å²) in [5, 5.41) is 6.32. The molecule has 0 aliphatic carbocycles. The fourth-order valence-electron chi connectivity index (χ4n) is 2.77. The summed E-state index contributed by atoms with van der Waals surface area (Å²) in [5.41, 5.74) is 0. The van der Waals surface area contributed by atoms with E-state index in [4.69, 9.17) is 0 Å². The van der Waals surface area contributed by atoms with Crippen molar-refractivity contribution in [1.29, 1.82) is 0 Å². The molecule has 2 N–H and O–H groups in total. The number of amides is 1. The number of rotatable bonds is 4. The standard InChI is InChI=1S/C17H20N2O3S2.ClH/c1-12-11-18-10-9-14(12)19-17(20)15-7-8-16(23-15)24(21,22)13-5-3-2-4-6-13;/h2-8,12,14,18H,9-11H2,1H3,(H,19,20);1H. The number of sulfone groups is 1. The molecule has 136 valence electrons. The molecule has 0 radical (unpaired) electrons. The fourth-order valence-corrected chi connectivity index (χ4v) is 5.40. The lowest BCUT2D eigenvalue weighted by atomic mass is 9.95. The van der Waals surface area contributed by atoms with Gasteiger partial charge in [-0.15, -0.1) is 23.7 Å². The number of halogens is 1. The van der Waals surface area contributed by atoms with E-state index < -0.39 is 9.84 Å². The number of benzene rings is 1. The third-order valence-corrected chi connectivity index (χ3v) is 7.57. The van der Waals surface area contributed by atoms with E-state index >= 15 is 0 Å². The summed E-state index contributed by atoms with van der Waals surface area (Å²) >= 11 is 1.02. The Morgan fingerprint density at radius 3 is 2.60 bits per heavy atom. The Labute approximate surface area is 158 Å². The van der Waals surface area contributed by atoms with Crippen LogP contribution in [0.15, 0.2) is 51.6 Å². The molecular weight excluding hydrogens is 380 g/mol. The second-order valence-corrected chi connectivity index (χ2v) is 9.25.